The molecule has 0 unspecified atom stereocenters. The van der Waals surface area contributed by atoms with Crippen LogP contribution in [0.15, 0.2) is 4.47 Å². The van der Waals surface area contributed by atoms with Gasteiger partial charge in [-0.15, -0.1) is 0 Å². The van der Waals surface area contributed by atoms with Crippen LogP contribution < -0.4 is 0 Å². The van der Waals surface area contributed by atoms with Gasteiger partial charge in [-0.25, -0.2) is 9.67 Å². The quantitative estimate of drug-likeness (QED) is 0.925. The maximum Gasteiger partial charge on any atom is 0.212 e. The molecule has 0 bridgehead atoms. The van der Waals surface area contributed by atoms with Gasteiger partial charge < -0.3 is 5.11 Å². The van der Waals surface area contributed by atoms with E-state index in [1.165, 1.54) is 11.3 Å². The van der Waals surface area contributed by atoms with Gasteiger partial charge in [0.25, 0.3) is 0 Å². The first-order chi connectivity index (χ1) is 7.54. The van der Waals surface area contributed by atoms with E-state index in [0.717, 1.165) is 15.9 Å². The van der Waals surface area contributed by atoms with E-state index in [2.05, 4.69) is 26.0 Å². The molecule has 2 rings (SSSR count). The number of rotatable bonds is 2. The van der Waals surface area contributed by atoms with Crippen molar-refractivity contribution in [1.82, 2.24) is 14.8 Å². The van der Waals surface area contributed by atoms with Gasteiger partial charge in [0.1, 0.15) is 5.15 Å². The van der Waals surface area contributed by atoms with Gasteiger partial charge in [-0.05, 0) is 29.8 Å². The van der Waals surface area contributed by atoms with Crippen LogP contribution in [-0.4, -0.2) is 19.9 Å². The third-order valence-electron chi connectivity index (χ3n) is 2.17. The van der Waals surface area contributed by atoms with E-state index in [1.54, 1.807) is 4.68 Å². The second kappa shape index (κ2) is 4.44. The van der Waals surface area contributed by atoms with E-state index in [0.29, 0.717) is 15.2 Å². The summed E-state index contributed by atoms with van der Waals surface area (Å²) >= 11 is 10.7. The Kier molecular flexibility index (Phi) is 3.34. The van der Waals surface area contributed by atoms with Crippen molar-refractivity contribution >= 4 is 38.9 Å². The number of aliphatic hydroxyl groups excluding tert-OH is 1. The fraction of sp³-hybridized carbons (Fsp3) is 0.333. The van der Waals surface area contributed by atoms with Crippen molar-refractivity contribution < 1.29 is 5.11 Å². The lowest BCUT2D eigenvalue weighted by atomic mass is 10.4. The summed E-state index contributed by atoms with van der Waals surface area (Å²) in [5, 5.41) is 14.4. The molecule has 0 fully saturated rings. The summed E-state index contributed by atoms with van der Waals surface area (Å²) in [4.78, 5) is 4.82. The minimum absolute atomic E-state index is 0.100. The number of hydrogen-bond donors (Lipinski definition) is 1. The highest BCUT2D eigenvalue weighted by atomic mass is 79.9. The first-order valence-corrected chi connectivity index (χ1v) is 6.51. The molecule has 0 aliphatic rings. The SMILES string of the molecule is Cc1nn(-c2nc(Cl)c(CO)s2)c(C)c1Br. The maximum absolute atomic E-state index is 9.05. The van der Waals surface area contributed by atoms with Crippen molar-refractivity contribution in [2.24, 2.45) is 0 Å². The first-order valence-electron chi connectivity index (χ1n) is 4.52. The van der Waals surface area contributed by atoms with Crippen LogP contribution in [0.25, 0.3) is 5.13 Å². The van der Waals surface area contributed by atoms with Crippen molar-refractivity contribution in [3.63, 3.8) is 0 Å². The third-order valence-corrected chi connectivity index (χ3v) is 4.75. The van der Waals surface area contributed by atoms with Crippen molar-refractivity contribution in [2.75, 3.05) is 0 Å². The highest BCUT2D eigenvalue weighted by Gasteiger charge is 2.15. The van der Waals surface area contributed by atoms with Gasteiger partial charge in [-0.3, -0.25) is 0 Å². The Morgan fingerprint density at radius 3 is 2.62 bits per heavy atom. The molecule has 0 aliphatic carbocycles. The molecule has 0 aromatic carbocycles. The van der Waals surface area contributed by atoms with Gasteiger partial charge in [-0.1, -0.05) is 22.9 Å². The van der Waals surface area contributed by atoms with Gasteiger partial charge in [-0.2, -0.15) is 5.10 Å². The number of nitrogens with zero attached hydrogens (tertiary/aromatic N) is 3. The average molecular weight is 323 g/mol. The van der Waals surface area contributed by atoms with E-state index in [4.69, 9.17) is 16.7 Å². The largest absolute Gasteiger partial charge is 0.391 e. The Morgan fingerprint density at radius 2 is 2.19 bits per heavy atom. The molecule has 86 valence electrons. The van der Waals surface area contributed by atoms with Crippen LogP contribution in [0.5, 0.6) is 0 Å². The molecule has 4 nitrogen and oxygen atoms in total. The number of halogens is 2. The van der Waals surface area contributed by atoms with Crippen LogP contribution in [0.4, 0.5) is 0 Å². The molecule has 2 aromatic rings. The lowest BCUT2D eigenvalue weighted by molar-refractivity contribution is 0.285. The highest BCUT2D eigenvalue weighted by Crippen LogP contribution is 2.29. The lowest BCUT2D eigenvalue weighted by Gasteiger charge is -1.97. The molecule has 0 spiro atoms. The standard InChI is InChI=1S/C9H9BrClN3OS/c1-4-7(10)5(2)14(13-4)9-12-8(11)6(3-15)16-9/h15H,3H2,1-2H3. The number of aliphatic hydroxyl groups is 1. The summed E-state index contributed by atoms with van der Waals surface area (Å²) in [6.45, 7) is 3.75. The van der Waals surface area contributed by atoms with E-state index >= 15 is 0 Å². The summed E-state index contributed by atoms with van der Waals surface area (Å²) in [5.41, 5.74) is 1.86. The smallest absolute Gasteiger partial charge is 0.212 e. The Balaban J connectivity index is 2.54. The number of aryl methyl sites for hydroxylation is 1. The normalized spacial score (nSPS) is 11.1. The van der Waals surface area contributed by atoms with E-state index in [9.17, 15) is 0 Å². The summed E-state index contributed by atoms with van der Waals surface area (Å²) < 4.78 is 2.68. The van der Waals surface area contributed by atoms with Crippen molar-refractivity contribution in [3.05, 3.63) is 25.9 Å². The van der Waals surface area contributed by atoms with Crippen LogP contribution >= 0.6 is 38.9 Å². The second-order valence-electron chi connectivity index (χ2n) is 3.27. The molecule has 1 N–H and O–H groups in total. The van der Waals surface area contributed by atoms with Crippen LogP contribution in [-0.2, 0) is 6.61 Å². The third kappa shape index (κ3) is 1.90. The monoisotopic (exact) mass is 321 g/mol. The van der Waals surface area contributed by atoms with Crippen LogP contribution in [0.1, 0.15) is 16.3 Å². The Hall–Kier alpha value is -0.430. The van der Waals surface area contributed by atoms with E-state index in [-0.39, 0.29) is 6.61 Å². The maximum atomic E-state index is 9.05. The summed E-state index contributed by atoms with van der Waals surface area (Å²) in [6.07, 6.45) is 0. The van der Waals surface area contributed by atoms with Crippen LogP contribution in [0.3, 0.4) is 0 Å². The van der Waals surface area contributed by atoms with Gasteiger partial charge in [0.05, 0.1) is 27.3 Å². The van der Waals surface area contributed by atoms with Gasteiger partial charge in [0.2, 0.25) is 5.13 Å². The van der Waals surface area contributed by atoms with Gasteiger partial charge in [0.15, 0.2) is 0 Å². The molecule has 0 amide bonds. The zero-order valence-corrected chi connectivity index (χ0v) is 11.8. The van der Waals surface area contributed by atoms with Crippen molar-refractivity contribution in [1.29, 1.82) is 0 Å². The molecule has 0 radical (unpaired) electrons. The van der Waals surface area contributed by atoms with Crippen LogP contribution in [0, 0.1) is 13.8 Å². The molecular formula is C9H9BrClN3OS. The molecule has 0 saturated carbocycles. The molecule has 2 aromatic heterocycles. The Labute approximate surface area is 110 Å². The summed E-state index contributed by atoms with van der Waals surface area (Å²) in [7, 11) is 0. The molecular weight excluding hydrogens is 314 g/mol. The Morgan fingerprint density at radius 1 is 1.50 bits per heavy atom. The fourth-order valence-corrected chi connectivity index (χ4v) is 2.69. The molecule has 7 heteroatoms. The number of thiazole rings is 1. The molecule has 2 heterocycles. The number of aromatic nitrogens is 3. The van der Waals surface area contributed by atoms with Crippen molar-refractivity contribution in [2.45, 2.75) is 20.5 Å². The molecule has 0 saturated heterocycles. The number of hydrogen-bond acceptors (Lipinski definition) is 4. The van der Waals surface area contributed by atoms with E-state index in [1.807, 2.05) is 13.8 Å². The molecule has 16 heavy (non-hydrogen) atoms. The van der Waals surface area contributed by atoms with Crippen LogP contribution in [0.2, 0.25) is 5.15 Å². The zero-order valence-electron chi connectivity index (χ0n) is 8.66. The van der Waals surface area contributed by atoms with E-state index < -0.39 is 0 Å². The first kappa shape index (κ1) is 12.0. The minimum atomic E-state index is -0.100. The second-order valence-corrected chi connectivity index (χ2v) is 5.48. The van der Waals surface area contributed by atoms with Gasteiger partial charge >= 0.3 is 0 Å². The summed E-state index contributed by atoms with van der Waals surface area (Å²) in [5.74, 6) is 0. The summed E-state index contributed by atoms with van der Waals surface area (Å²) in [6, 6.07) is 0. The minimum Gasteiger partial charge on any atom is -0.391 e. The average Bonchev–Trinajstić information content (AvgIpc) is 2.74. The molecule has 0 aliphatic heterocycles. The highest BCUT2D eigenvalue weighted by molar-refractivity contribution is 9.10. The fourth-order valence-electron chi connectivity index (χ4n) is 1.32. The predicted molar refractivity (Wildman–Crippen MR) is 67.3 cm³/mol. The zero-order chi connectivity index (χ0) is 11.9. The predicted octanol–water partition coefficient (Wildman–Crippen LogP) is 2.85. The van der Waals surface area contributed by atoms with Gasteiger partial charge in [0, 0.05) is 0 Å². The molecule has 0 atom stereocenters. The Bertz CT molecular complexity index is 537. The van der Waals surface area contributed by atoms with Crippen molar-refractivity contribution in [3.8, 4) is 5.13 Å². The lowest BCUT2D eigenvalue weighted by Crippen LogP contribution is -1.97. The topological polar surface area (TPSA) is 50.9 Å².